The van der Waals surface area contributed by atoms with Crippen molar-refractivity contribution < 1.29 is 16.1 Å². The first-order valence-electron chi connectivity index (χ1n) is 13.2. The SMILES string of the molecule is Cc1cc(C)c(N=C(N[PH+](C(C)C)C(C)C)c2ccc(C(C)(C)C)cc2)c(C)c1.[CH-]1CCCO1.[Cl][Cr+]([Cl])[Cl]. The van der Waals surface area contributed by atoms with Crippen LogP contribution in [-0.2, 0) is 21.5 Å². The Morgan fingerprint density at radius 1 is 0.974 bits per heavy atom. The zero-order chi connectivity index (χ0) is 29.0. The van der Waals surface area contributed by atoms with E-state index in [2.05, 4.69) is 111 Å². The monoisotopic (exact) mass is 639 g/mol. The van der Waals surface area contributed by atoms with Crippen LogP contribution < -0.4 is 5.09 Å². The first-order chi connectivity index (χ1) is 17.6. The quantitative estimate of drug-likeness (QED) is 0.153. The number of amidine groups is 1. The Balaban J connectivity index is 0.000000679. The number of hydrogen-bond donors (Lipinski definition) is 1. The van der Waals surface area contributed by atoms with E-state index < -0.39 is 19.5 Å². The molecule has 0 amide bonds. The van der Waals surface area contributed by atoms with Gasteiger partial charge >= 0.3 is 41.5 Å². The third kappa shape index (κ3) is 13.4. The molecule has 1 N–H and O–H groups in total. The first-order valence-corrected chi connectivity index (χ1v) is 20.1. The van der Waals surface area contributed by atoms with E-state index >= 15 is 0 Å². The molecule has 38 heavy (non-hydrogen) atoms. The molecule has 8 heteroatoms. The fourth-order valence-corrected chi connectivity index (χ4v) is 6.65. The molecule has 3 rings (SSSR count). The maximum atomic E-state index is 5.20. The fraction of sp³-hybridized carbons (Fsp3) is 0.533. The molecule has 0 aromatic heterocycles. The molecular weight excluding hydrogens is 594 g/mol. The van der Waals surface area contributed by atoms with Crippen molar-refractivity contribution in [2.75, 3.05) is 6.61 Å². The molecule has 214 valence electrons. The van der Waals surface area contributed by atoms with Gasteiger partial charge in [0.1, 0.15) is 0 Å². The summed E-state index contributed by atoms with van der Waals surface area (Å²) in [5.74, 6) is 1.01. The van der Waals surface area contributed by atoms with E-state index in [4.69, 9.17) is 39.9 Å². The number of nitrogens with one attached hydrogen (secondary N) is 1. The molecule has 1 saturated heterocycles. The molecule has 0 atom stereocenters. The van der Waals surface area contributed by atoms with Gasteiger partial charge in [0.25, 0.3) is 0 Å². The second kappa shape index (κ2) is 17.5. The van der Waals surface area contributed by atoms with Crippen LogP contribution in [0.25, 0.3) is 0 Å². The molecule has 0 bridgehead atoms. The molecule has 0 aliphatic carbocycles. The third-order valence-corrected chi connectivity index (χ3v) is 9.11. The van der Waals surface area contributed by atoms with E-state index in [9.17, 15) is 0 Å². The van der Waals surface area contributed by atoms with Crippen LogP contribution in [-0.4, -0.2) is 23.8 Å². The Morgan fingerprint density at radius 3 is 1.82 bits per heavy atom. The van der Waals surface area contributed by atoms with E-state index in [1.165, 1.54) is 34.2 Å². The van der Waals surface area contributed by atoms with Gasteiger partial charge in [-0.1, -0.05) is 69.2 Å². The fourth-order valence-electron chi connectivity index (χ4n) is 4.26. The summed E-state index contributed by atoms with van der Waals surface area (Å²) < 4.78 is 4.82. The molecule has 3 nitrogen and oxygen atoms in total. The van der Waals surface area contributed by atoms with E-state index in [-0.39, 0.29) is 5.41 Å². The summed E-state index contributed by atoms with van der Waals surface area (Å²) >= 11 is -1.62. The van der Waals surface area contributed by atoms with Gasteiger partial charge in [-0.15, -0.1) is 0 Å². The van der Waals surface area contributed by atoms with Crippen molar-refractivity contribution in [2.24, 2.45) is 4.99 Å². The van der Waals surface area contributed by atoms with E-state index in [1.807, 2.05) is 6.61 Å². The van der Waals surface area contributed by atoms with Crippen molar-refractivity contribution in [3.63, 3.8) is 0 Å². The minimum atomic E-state index is -1.62. The first kappa shape index (κ1) is 35.7. The summed E-state index contributed by atoms with van der Waals surface area (Å²) in [6, 6.07) is 13.4. The molecule has 0 spiro atoms. The van der Waals surface area contributed by atoms with E-state index in [0.29, 0.717) is 11.3 Å². The number of rotatable bonds is 5. The summed E-state index contributed by atoms with van der Waals surface area (Å²) in [5.41, 5.74) is 8.76. The van der Waals surface area contributed by atoms with Crippen LogP contribution in [0.15, 0.2) is 41.4 Å². The van der Waals surface area contributed by atoms with Gasteiger partial charge < -0.3 is 4.74 Å². The normalized spacial score (nSPS) is 14.0. The van der Waals surface area contributed by atoms with Crippen molar-refractivity contribution >= 4 is 49.7 Å². The molecule has 0 saturated carbocycles. The van der Waals surface area contributed by atoms with Crippen LogP contribution in [0.1, 0.15) is 89.1 Å². The average molecular weight is 641 g/mol. The van der Waals surface area contributed by atoms with Gasteiger partial charge in [0.05, 0.1) is 25.1 Å². The molecule has 1 aliphatic rings. The number of benzene rings is 2. The van der Waals surface area contributed by atoms with Crippen LogP contribution in [0, 0.1) is 27.4 Å². The van der Waals surface area contributed by atoms with Gasteiger partial charge in [-0.05, 0) is 70.6 Å². The van der Waals surface area contributed by atoms with Crippen LogP contribution in [0.4, 0.5) is 5.69 Å². The number of nitrogens with zero attached hydrogens (tertiary/aromatic N) is 1. The Hall–Kier alpha value is -0.298. The molecule has 1 aliphatic heterocycles. The minimum absolute atomic E-state index is 0.151. The Labute approximate surface area is 250 Å². The third-order valence-electron chi connectivity index (χ3n) is 6.09. The molecule has 1 heterocycles. The summed E-state index contributed by atoms with van der Waals surface area (Å²) in [6.45, 7) is 25.3. The molecule has 2 aromatic rings. The topological polar surface area (TPSA) is 33.6 Å². The zero-order valence-corrected chi connectivity index (χ0v) is 29.3. The number of aryl methyl sites for hydroxylation is 3. The van der Waals surface area contributed by atoms with Gasteiger partial charge in [-0.3, -0.25) is 0 Å². The summed E-state index contributed by atoms with van der Waals surface area (Å²) in [6.07, 6.45) is 2.38. The molecule has 1 fully saturated rings. The predicted molar refractivity (Wildman–Crippen MR) is 171 cm³/mol. The molecule has 0 unspecified atom stereocenters. The van der Waals surface area contributed by atoms with Crippen LogP contribution >= 0.6 is 38.2 Å². The second-order valence-corrected chi connectivity index (χ2v) is 21.1. The number of ether oxygens (including phenoxy) is 1. The second-order valence-electron chi connectivity index (χ2n) is 11.3. The van der Waals surface area contributed by atoms with Crippen LogP contribution in [0.5, 0.6) is 0 Å². The zero-order valence-electron chi connectivity index (χ0n) is 24.7. The van der Waals surface area contributed by atoms with Gasteiger partial charge in [0, 0.05) is 12.2 Å². The summed E-state index contributed by atoms with van der Waals surface area (Å²) in [7, 11) is 14.0. The summed E-state index contributed by atoms with van der Waals surface area (Å²) in [4.78, 5) is 5.20. The number of halogens is 3. The Morgan fingerprint density at radius 2 is 1.47 bits per heavy atom. The van der Waals surface area contributed by atoms with Crippen molar-refractivity contribution in [3.05, 3.63) is 70.8 Å². The van der Waals surface area contributed by atoms with Gasteiger partial charge in [-0.25, -0.2) is 16.7 Å². The van der Waals surface area contributed by atoms with Gasteiger partial charge in [-0.2, -0.15) is 6.42 Å². The Bertz CT molecular complexity index is 960. The summed E-state index contributed by atoms with van der Waals surface area (Å²) in [5, 5.41) is 3.90. The van der Waals surface area contributed by atoms with Gasteiger partial charge in [0.15, 0.2) is 5.84 Å². The Kier molecular flexibility index (Phi) is 16.5. The van der Waals surface area contributed by atoms with E-state index in [0.717, 1.165) is 24.6 Å². The van der Waals surface area contributed by atoms with Crippen LogP contribution in [0.3, 0.4) is 0 Å². The predicted octanol–water partition coefficient (Wildman–Crippen LogP) is 10.5. The molecule has 0 radical (unpaired) electrons. The number of aliphatic imine (C=N–C) groups is 1. The van der Waals surface area contributed by atoms with Crippen molar-refractivity contribution in [3.8, 4) is 0 Å². The van der Waals surface area contributed by atoms with Crippen molar-refractivity contribution in [2.45, 2.75) is 98.8 Å². The number of hydrogen-bond acceptors (Lipinski definition) is 2. The molecular formula is C30H47Cl3CrN2OP+. The molecule has 2 aromatic carbocycles. The van der Waals surface area contributed by atoms with Crippen molar-refractivity contribution in [1.29, 1.82) is 0 Å². The standard InChI is InChI=1S/C26H39N2P.C4H7O.3ClH.Cr/c1-17(2)29(18(3)4)28-25(22-11-13-23(14-12-22)26(8,9)10)27-24-20(6)15-19(5)16-21(24)7;1-2-4-5-3-1;;;;/h11-18H,1-10H3,(H,27,28);3H,1-2,4H2;3*1H;/q;-1;;;;+4/p-2. The van der Waals surface area contributed by atoms with E-state index in [1.54, 1.807) is 0 Å². The maximum absolute atomic E-state index is 5.20. The average Bonchev–Trinajstić information content (AvgIpc) is 3.37. The van der Waals surface area contributed by atoms with Crippen LogP contribution in [0.2, 0.25) is 0 Å². The van der Waals surface area contributed by atoms with Gasteiger partial charge in [0.2, 0.25) is 0 Å². The van der Waals surface area contributed by atoms with Crippen molar-refractivity contribution in [1.82, 2.24) is 5.09 Å².